The third-order valence-corrected chi connectivity index (χ3v) is 3.42. The molecule has 0 heterocycles. The van der Waals surface area contributed by atoms with E-state index < -0.39 is 0 Å². The molecule has 0 saturated carbocycles. The first kappa shape index (κ1) is 14.5. The second kappa shape index (κ2) is 6.97. The number of rotatable bonds is 6. The van der Waals surface area contributed by atoms with Gasteiger partial charge in [0.15, 0.2) is 0 Å². The summed E-state index contributed by atoms with van der Waals surface area (Å²) in [6.07, 6.45) is 2.29. The summed E-state index contributed by atoms with van der Waals surface area (Å²) in [7, 11) is 0. The van der Waals surface area contributed by atoms with E-state index in [1.165, 1.54) is 6.42 Å². The summed E-state index contributed by atoms with van der Waals surface area (Å²) >= 11 is 5.73. The molecule has 2 atom stereocenters. The summed E-state index contributed by atoms with van der Waals surface area (Å²) in [5.74, 6) is 0.388. The third kappa shape index (κ3) is 4.64. The standard InChI is InChI=1S/C14H21ClFN/c1-4-10(2)8-11(3)17-9-12-6-5-7-13(15)14(12)16/h5-7,10-11,17H,4,8-9H2,1-3H3. The van der Waals surface area contributed by atoms with Crippen molar-refractivity contribution in [3.05, 3.63) is 34.6 Å². The van der Waals surface area contributed by atoms with Gasteiger partial charge in [0, 0.05) is 18.2 Å². The van der Waals surface area contributed by atoms with Gasteiger partial charge in [0.1, 0.15) is 5.82 Å². The van der Waals surface area contributed by atoms with Gasteiger partial charge in [-0.15, -0.1) is 0 Å². The normalized spacial score (nSPS) is 14.6. The monoisotopic (exact) mass is 257 g/mol. The maximum atomic E-state index is 13.6. The molecule has 0 aromatic heterocycles. The van der Waals surface area contributed by atoms with Crippen LogP contribution in [0.4, 0.5) is 4.39 Å². The molecule has 0 saturated heterocycles. The van der Waals surface area contributed by atoms with Crippen LogP contribution in [0.25, 0.3) is 0 Å². The summed E-state index contributed by atoms with van der Waals surface area (Å²) in [5, 5.41) is 3.53. The van der Waals surface area contributed by atoms with E-state index >= 15 is 0 Å². The van der Waals surface area contributed by atoms with Crippen LogP contribution in [0.15, 0.2) is 18.2 Å². The molecule has 0 spiro atoms. The van der Waals surface area contributed by atoms with Crippen molar-refractivity contribution >= 4 is 11.6 Å². The van der Waals surface area contributed by atoms with Crippen LogP contribution in [-0.2, 0) is 6.54 Å². The van der Waals surface area contributed by atoms with E-state index in [0.717, 1.165) is 6.42 Å². The molecule has 0 fully saturated rings. The Kier molecular flexibility index (Phi) is 5.93. The molecule has 1 rings (SSSR count). The van der Waals surface area contributed by atoms with E-state index in [2.05, 4.69) is 26.1 Å². The highest BCUT2D eigenvalue weighted by molar-refractivity contribution is 6.30. The molecule has 3 heteroatoms. The minimum absolute atomic E-state index is 0.193. The Morgan fingerprint density at radius 3 is 2.71 bits per heavy atom. The number of halogens is 2. The third-order valence-electron chi connectivity index (χ3n) is 3.13. The van der Waals surface area contributed by atoms with E-state index in [4.69, 9.17) is 11.6 Å². The largest absolute Gasteiger partial charge is 0.310 e. The zero-order valence-corrected chi connectivity index (χ0v) is 11.5. The summed E-state index contributed by atoms with van der Waals surface area (Å²) in [6, 6.07) is 5.51. The summed E-state index contributed by atoms with van der Waals surface area (Å²) < 4.78 is 13.6. The maximum absolute atomic E-state index is 13.6. The minimum Gasteiger partial charge on any atom is -0.310 e. The molecule has 2 unspecified atom stereocenters. The quantitative estimate of drug-likeness (QED) is 0.797. The molecule has 1 aromatic carbocycles. The van der Waals surface area contributed by atoms with Crippen LogP contribution < -0.4 is 5.32 Å². The van der Waals surface area contributed by atoms with Gasteiger partial charge in [-0.25, -0.2) is 4.39 Å². The molecule has 96 valence electrons. The number of hydrogen-bond acceptors (Lipinski definition) is 1. The zero-order chi connectivity index (χ0) is 12.8. The van der Waals surface area contributed by atoms with Crippen molar-refractivity contribution in [1.82, 2.24) is 5.32 Å². The van der Waals surface area contributed by atoms with Crippen molar-refractivity contribution < 1.29 is 4.39 Å². The summed E-state index contributed by atoms with van der Waals surface area (Å²) in [4.78, 5) is 0. The van der Waals surface area contributed by atoms with Gasteiger partial charge in [0.05, 0.1) is 5.02 Å². The highest BCUT2D eigenvalue weighted by atomic mass is 35.5. The van der Waals surface area contributed by atoms with Crippen LogP contribution in [0.5, 0.6) is 0 Å². The first-order valence-electron chi connectivity index (χ1n) is 6.20. The summed E-state index contributed by atoms with van der Waals surface area (Å²) in [5.41, 5.74) is 0.633. The predicted molar refractivity (Wildman–Crippen MR) is 71.8 cm³/mol. The Morgan fingerprint density at radius 1 is 1.35 bits per heavy atom. The Hall–Kier alpha value is -0.600. The van der Waals surface area contributed by atoms with Crippen molar-refractivity contribution in [2.24, 2.45) is 5.92 Å². The van der Waals surface area contributed by atoms with Gasteiger partial charge >= 0.3 is 0 Å². The van der Waals surface area contributed by atoms with E-state index in [-0.39, 0.29) is 10.8 Å². The summed E-state index contributed by atoms with van der Waals surface area (Å²) in [6.45, 7) is 7.09. The maximum Gasteiger partial charge on any atom is 0.146 e. The molecule has 1 N–H and O–H groups in total. The smallest absolute Gasteiger partial charge is 0.146 e. The average molecular weight is 258 g/mol. The molecule has 1 nitrogen and oxygen atoms in total. The molecule has 0 aliphatic rings. The van der Waals surface area contributed by atoms with Gasteiger partial charge in [-0.2, -0.15) is 0 Å². The van der Waals surface area contributed by atoms with Gasteiger partial charge in [0.2, 0.25) is 0 Å². The molecular formula is C14H21ClFN. The lowest BCUT2D eigenvalue weighted by Gasteiger charge is -2.17. The van der Waals surface area contributed by atoms with Gasteiger partial charge in [-0.1, -0.05) is 44.0 Å². The van der Waals surface area contributed by atoms with Crippen molar-refractivity contribution in [2.75, 3.05) is 0 Å². The molecule has 17 heavy (non-hydrogen) atoms. The molecule has 0 aliphatic heterocycles. The van der Waals surface area contributed by atoms with Crippen molar-refractivity contribution in [1.29, 1.82) is 0 Å². The van der Waals surface area contributed by atoms with Crippen LogP contribution in [-0.4, -0.2) is 6.04 Å². The van der Waals surface area contributed by atoms with E-state index in [1.807, 2.05) is 0 Å². The molecule has 0 aliphatic carbocycles. The highest BCUT2D eigenvalue weighted by Crippen LogP contribution is 2.18. The average Bonchev–Trinajstić information content (AvgIpc) is 2.31. The van der Waals surface area contributed by atoms with E-state index in [0.29, 0.717) is 24.1 Å². The fourth-order valence-electron chi connectivity index (χ4n) is 1.82. The predicted octanol–water partition coefficient (Wildman–Crippen LogP) is 4.39. The number of nitrogens with one attached hydrogen (secondary N) is 1. The van der Waals surface area contributed by atoms with Crippen LogP contribution in [0, 0.1) is 11.7 Å². The fourth-order valence-corrected chi connectivity index (χ4v) is 2.02. The van der Waals surface area contributed by atoms with Gasteiger partial charge in [-0.05, 0) is 25.3 Å². The molecule has 1 aromatic rings. The Labute approximate surface area is 108 Å². The zero-order valence-electron chi connectivity index (χ0n) is 10.8. The minimum atomic E-state index is -0.308. The van der Waals surface area contributed by atoms with Crippen LogP contribution in [0.1, 0.15) is 39.2 Å². The lowest BCUT2D eigenvalue weighted by atomic mass is 10.0. The highest BCUT2D eigenvalue weighted by Gasteiger charge is 2.09. The molecule has 0 bridgehead atoms. The second-order valence-electron chi connectivity index (χ2n) is 4.74. The van der Waals surface area contributed by atoms with Crippen molar-refractivity contribution in [2.45, 2.75) is 46.2 Å². The lowest BCUT2D eigenvalue weighted by molar-refractivity contribution is 0.409. The van der Waals surface area contributed by atoms with Crippen LogP contribution in [0.3, 0.4) is 0 Å². The van der Waals surface area contributed by atoms with Crippen LogP contribution in [0.2, 0.25) is 5.02 Å². The molecule has 0 amide bonds. The van der Waals surface area contributed by atoms with Gasteiger partial charge in [0.25, 0.3) is 0 Å². The SMILES string of the molecule is CCC(C)CC(C)NCc1cccc(Cl)c1F. The Bertz CT molecular complexity index is 354. The Morgan fingerprint density at radius 2 is 2.06 bits per heavy atom. The van der Waals surface area contributed by atoms with Crippen molar-refractivity contribution in [3.8, 4) is 0 Å². The Balaban J connectivity index is 2.47. The molecular weight excluding hydrogens is 237 g/mol. The first-order valence-corrected chi connectivity index (χ1v) is 6.58. The fraction of sp³-hybridized carbons (Fsp3) is 0.571. The van der Waals surface area contributed by atoms with Crippen molar-refractivity contribution in [3.63, 3.8) is 0 Å². The first-order chi connectivity index (χ1) is 8.04. The van der Waals surface area contributed by atoms with E-state index in [1.54, 1.807) is 18.2 Å². The van der Waals surface area contributed by atoms with Gasteiger partial charge in [-0.3, -0.25) is 0 Å². The van der Waals surface area contributed by atoms with Gasteiger partial charge < -0.3 is 5.32 Å². The molecule has 0 radical (unpaired) electrons. The second-order valence-corrected chi connectivity index (χ2v) is 5.15. The topological polar surface area (TPSA) is 12.0 Å². The number of hydrogen-bond donors (Lipinski definition) is 1. The van der Waals surface area contributed by atoms with E-state index in [9.17, 15) is 4.39 Å². The lowest BCUT2D eigenvalue weighted by Crippen LogP contribution is -2.27. The van der Waals surface area contributed by atoms with Crippen LogP contribution >= 0.6 is 11.6 Å². The number of benzene rings is 1.